The van der Waals surface area contributed by atoms with Crippen molar-refractivity contribution in [3.05, 3.63) is 107 Å². The topological polar surface area (TPSA) is 55.9 Å². The van der Waals surface area contributed by atoms with E-state index in [1.54, 1.807) is 0 Å². The lowest BCUT2D eigenvalue weighted by molar-refractivity contribution is -0.137. The molecule has 6 nitrogen and oxygen atoms in total. The van der Waals surface area contributed by atoms with Gasteiger partial charge in [0.15, 0.2) is 0 Å². The van der Waals surface area contributed by atoms with E-state index in [1.165, 1.54) is 22.3 Å². The van der Waals surface area contributed by atoms with Gasteiger partial charge >= 0.3 is 0 Å². The fraction of sp³-hybridized carbons (Fsp3) is 0.394. The number of hydrogen-bond acceptors (Lipinski definition) is 6. The standard InChI is InChI=1S/C33H38N4O2S/c1-22-18-35(19-23(2)37(22)31(25-9-5-3-6-10-25)26-11-7-4-8-12-26)20-24-13-14-28-27(17-24)21-36(33(28)40)29-15-16-30(38)34-32(29)39/h3-14,17,22-23,29,31,33,40H,15-16,18-21H2,1-2H3,(H,34,38,39). The van der Waals surface area contributed by atoms with Gasteiger partial charge in [-0.25, -0.2) is 0 Å². The highest BCUT2D eigenvalue weighted by atomic mass is 32.1. The predicted molar refractivity (Wildman–Crippen MR) is 161 cm³/mol. The lowest BCUT2D eigenvalue weighted by atomic mass is 9.92. The van der Waals surface area contributed by atoms with Gasteiger partial charge < -0.3 is 0 Å². The van der Waals surface area contributed by atoms with E-state index >= 15 is 0 Å². The zero-order valence-electron chi connectivity index (χ0n) is 23.2. The first kappa shape index (κ1) is 27.2. The van der Waals surface area contributed by atoms with Crippen LogP contribution in [0.2, 0.25) is 0 Å². The third kappa shape index (κ3) is 5.36. The number of thiol groups is 1. The van der Waals surface area contributed by atoms with Crippen LogP contribution in [0.3, 0.4) is 0 Å². The minimum absolute atomic E-state index is 0.135. The molecule has 3 aliphatic rings. The lowest BCUT2D eigenvalue weighted by Crippen LogP contribution is -2.57. The molecule has 1 N–H and O–H groups in total. The Morgan fingerprint density at radius 2 is 1.52 bits per heavy atom. The van der Waals surface area contributed by atoms with Gasteiger partial charge in [-0.15, -0.1) is 0 Å². The van der Waals surface area contributed by atoms with Crippen molar-refractivity contribution in [1.82, 2.24) is 20.0 Å². The predicted octanol–water partition coefficient (Wildman–Crippen LogP) is 4.92. The Morgan fingerprint density at radius 1 is 0.900 bits per heavy atom. The molecular formula is C33H38N4O2S. The summed E-state index contributed by atoms with van der Waals surface area (Å²) in [6.07, 6.45) is 0.933. The zero-order valence-corrected chi connectivity index (χ0v) is 24.1. The number of nitrogens with zero attached hydrogens (tertiary/aromatic N) is 3. The third-order valence-electron chi connectivity index (χ3n) is 8.76. The Hall–Kier alpha value is -2.97. The van der Waals surface area contributed by atoms with Gasteiger partial charge in [-0.2, -0.15) is 12.6 Å². The van der Waals surface area contributed by atoms with Crippen molar-refractivity contribution in [2.45, 2.75) is 69.3 Å². The molecule has 7 heteroatoms. The van der Waals surface area contributed by atoms with Crippen LogP contribution >= 0.6 is 12.6 Å². The molecule has 0 spiro atoms. The van der Waals surface area contributed by atoms with E-state index in [0.717, 1.165) is 25.2 Å². The molecule has 0 aliphatic carbocycles. The lowest BCUT2D eigenvalue weighted by Gasteiger charge is -2.48. The molecule has 2 fully saturated rings. The molecule has 3 aliphatic heterocycles. The molecule has 2 saturated heterocycles. The van der Waals surface area contributed by atoms with Crippen LogP contribution in [-0.2, 0) is 22.7 Å². The van der Waals surface area contributed by atoms with Crippen molar-refractivity contribution < 1.29 is 9.59 Å². The van der Waals surface area contributed by atoms with E-state index in [1.807, 2.05) is 0 Å². The molecule has 0 saturated carbocycles. The summed E-state index contributed by atoms with van der Waals surface area (Å²) < 4.78 is 0. The second-order valence-corrected chi connectivity index (χ2v) is 12.1. The third-order valence-corrected chi connectivity index (χ3v) is 9.34. The van der Waals surface area contributed by atoms with Crippen LogP contribution in [0.25, 0.3) is 0 Å². The van der Waals surface area contributed by atoms with Crippen LogP contribution in [0.1, 0.15) is 65.9 Å². The maximum atomic E-state index is 12.5. The quantitative estimate of drug-likeness (QED) is 0.335. The molecular weight excluding hydrogens is 516 g/mol. The van der Waals surface area contributed by atoms with E-state index < -0.39 is 0 Å². The van der Waals surface area contributed by atoms with Crippen LogP contribution in [0, 0.1) is 0 Å². The number of carbonyl (C=O) groups excluding carboxylic acids is 2. The second kappa shape index (κ2) is 11.5. The van der Waals surface area contributed by atoms with E-state index in [-0.39, 0.29) is 29.3 Å². The number of amides is 2. The SMILES string of the molecule is CC1CN(Cc2ccc3c(c2)CN(C2CCC(=O)NC2=O)C3S)CC(C)N1C(c1ccccc1)c1ccccc1. The highest BCUT2D eigenvalue weighted by molar-refractivity contribution is 7.80. The minimum atomic E-state index is -0.312. The van der Waals surface area contributed by atoms with Crippen LogP contribution in [0.4, 0.5) is 0 Å². The summed E-state index contributed by atoms with van der Waals surface area (Å²) >= 11 is 4.86. The first-order valence-corrected chi connectivity index (χ1v) is 14.9. The maximum absolute atomic E-state index is 12.5. The molecule has 0 radical (unpaired) electrons. The highest BCUT2D eigenvalue weighted by Gasteiger charge is 2.39. The number of piperidine rings is 1. The number of imide groups is 1. The summed E-state index contributed by atoms with van der Waals surface area (Å²) in [4.78, 5) is 31.5. The smallest absolute Gasteiger partial charge is 0.243 e. The Morgan fingerprint density at radius 3 is 2.12 bits per heavy atom. The van der Waals surface area contributed by atoms with Gasteiger partial charge in [0.25, 0.3) is 0 Å². The first-order valence-electron chi connectivity index (χ1n) is 14.4. The van der Waals surface area contributed by atoms with Crippen molar-refractivity contribution in [1.29, 1.82) is 0 Å². The Balaban J connectivity index is 1.16. The second-order valence-electron chi connectivity index (χ2n) is 11.6. The monoisotopic (exact) mass is 554 g/mol. The van der Waals surface area contributed by atoms with Crippen molar-refractivity contribution in [3.63, 3.8) is 0 Å². The maximum Gasteiger partial charge on any atom is 0.243 e. The fourth-order valence-electron chi connectivity index (χ4n) is 7.04. The summed E-state index contributed by atoms with van der Waals surface area (Å²) in [6.45, 7) is 8.28. The Bertz CT molecular complexity index is 1320. The number of rotatable bonds is 6. The molecule has 3 heterocycles. The van der Waals surface area contributed by atoms with Crippen molar-refractivity contribution >= 4 is 24.4 Å². The minimum Gasteiger partial charge on any atom is -0.296 e. The number of hydrogen-bond donors (Lipinski definition) is 2. The highest BCUT2D eigenvalue weighted by Crippen LogP contribution is 2.40. The molecule has 0 aromatic heterocycles. The summed E-state index contributed by atoms with van der Waals surface area (Å²) in [5.41, 5.74) is 6.36. The van der Waals surface area contributed by atoms with Gasteiger partial charge in [0.05, 0.1) is 17.5 Å². The number of fused-ring (bicyclic) bond motifs is 1. The van der Waals surface area contributed by atoms with E-state index in [9.17, 15) is 9.59 Å². The van der Waals surface area contributed by atoms with Gasteiger partial charge in [0.1, 0.15) is 0 Å². The summed E-state index contributed by atoms with van der Waals surface area (Å²) in [6, 6.07) is 29.1. The molecule has 6 rings (SSSR count). The van der Waals surface area contributed by atoms with E-state index in [4.69, 9.17) is 12.6 Å². The molecule has 2 amide bonds. The fourth-order valence-corrected chi connectivity index (χ4v) is 7.53. The van der Waals surface area contributed by atoms with Gasteiger partial charge in [-0.3, -0.25) is 29.6 Å². The number of piperazine rings is 1. The molecule has 3 aromatic rings. The van der Waals surface area contributed by atoms with Crippen molar-refractivity contribution in [2.24, 2.45) is 0 Å². The zero-order chi connectivity index (χ0) is 27.8. The molecule has 4 atom stereocenters. The normalized spacial score (nSPS) is 26.2. The summed E-state index contributed by atoms with van der Waals surface area (Å²) in [5, 5.41) is 2.36. The van der Waals surface area contributed by atoms with E-state index in [0.29, 0.717) is 31.5 Å². The Kier molecular flexibility index (Phi) is 7.82. The number of carbonyl (C=O) groups is 2. The molecule has 0 bridgehead atoms. The first-order chi connectivity index (χ1) is 19.4. The van der Waals surface area contributed by atoms with Gasteiger partial charge in [0, 0.05) is 44.7 Å². The van der Waals surface area contributed by atoms with Gasteiger partial charge in [-0.05, 0) is 48.1 Å². The average molecular weight is 555 g/mol. The molecule has 4 unspecified atom stereocenters. The van der Waals surface area contributed by atoms with Gasteiger partial charge in [0.2, 0.25) is 11.8 Å². The van der Waals surface area contributed by atoms with Crippen molar-refractivity contribution in [3.8, 4) is 0 Å². The van der Waals surface area contributed by atoms with Crippen LogP contribution in [0.15, 0.2) is 78.9 Å². The number of nitrogens with one attached hydrogen (secondary N) is 1. The molecule has 3 aromatic carbocycles. The van der Waals surface area contributed by atoms with Crippen molar-refractivity contribution in [2.75, 3.05) is 13.1 Å². The summed E-state index contributed by atoms with van der Waals surface area (Å²) in [5.74, 6) is -0.383. The van der Waals surface area contributed by atoms with E-state index in [2.05, 4.69) is 113 Å². The summed E-state index contributed by atoms with van der Waals surface area (Å²) in [7, 11) is 0. The van der Waals surface area contributed by atoms with Crippen LogP contribution < -0.4 is 5.32 Å². The van der Waals surface area contributed by atoms with Crippen LogP contribution in [0.5, 0.6) is 0 Å². The molecule has 40 heavy (non-hydrogen) atoms. The number of benzene rings is 3. The van der Waals surface area contributed by atoms with Crippen LogP contribution in [-0.4, -0.2) is 57.7 Å². The Labute approximate surface area is 242 Å². The largest absolute Gasteiger partial charge is 0.296 e. The molecule has 208 valence electrons. The van der Waals surface area contributed by atoms with Gasteiger partial charge in [-0.1, -0.05) is 78.9 Å². The average Bonchev–Trinajstić information content (AvgIpc) is 3.27.